The summed E-state index contributed by atoms with van der Waals surface area (Å²) in [5.74, 6) is -2.42. The third-order valence-corrected chi connectivity index (χ3v) is 4.96. The molecule has 3 nitrogen and oxygen atoms in total. The van der Waals surface area contributed by atoms with Gasteiger partial charge in [-0.1, -0.05) is 39.2 Å². The van der Waals surface area contributed by atoms with E-state index in [0.717, 1.165) is 0 Å². The van der Waals surface area contributed by atoms with Gasteiger partial charge in [0.1, 0.15) is 17.2 Å². The highest BCUT2D eigenvalue weighted by atomic mass is 79.9. The van der Waals surface area contributed by atoms with Crippen LogP contribution in [0.25, 0.3) is 11.0 Å². The normalized spacial score (nSPS) is 15.7. The van der Waals surface area contributed by atoms with Crippen molar-refractivity contribution < 1.29 is 13.6 Å². The third-order valence-electron chi connectivity index (χ3n) is 4.16. The molecule has 2 heterocycles. The molecule has 0 spiro atoms. The molecule has 2 aromatic heterocycles. The van der Waals surface area contributed by atoms with Crippen LogP contribution in [0.1, 0.15) is 54.3 Å². The number of aromatic hydroxyl groups is 1. The first-order valence-corrected chi connectivity index (χ1v) is 8.83. The molecule has 0 saturated carbocycles. The maximum Gasteiger partial charge on any atom is 0.146 e. The summed E-state index contributed by atoms with van der Waals surface area (Å²) in [5.41, 5.74) is 0.271. The van der Waals surface area contributed by atoms with Crippen LogP contribution in [0.15, 0.2) is 29.0 Å². The molecule has 25 heavy (non-hydrogen) atoms. The van der Waals surface area contributed by atoms with Crippen molar-refractivity contribution in [2.75, 3.05) is 0 Å². The van der Waals surface area contributed by atoms with Crippen LogP contribution in [0.3, 0.4) is 0 Å². The Bertz CT molecular complexity index is 1060. The number of aromatic nitrogens is 2. The van der Waals surface area contributed by atoms with Gasteiger partial charge in [0.05, 0.1) is 5.02 Å². The number of fused-ring (bicyclic) bond motifs is 1. The summed E-state index contributed by atoms with van der Waals surface area (Å²) in [6.45, 7) is 2.76. The zero-order chi connectivity index (χ0) is 21.0. The van der Waals surface area contributed by atoms with E-state index in [9.17, 15) is 5.11 Å². The average Bonchev–Trinajstić information content (AvgIpc) is 2.95. The number of hydrogen-bond donors (Lipinski definition) is 2. The first-order chi connectivity index (χ1) is 12.8. The summed E-state index contributed by atoms with van der Waals surface area (Å²) in [6.07, 6.45) is 3.09. The van der Waals surface area contributed by atoms with Crippen LogP contribution in [0.4, 0.5) is 4.39 Å². The maximum absolute atomic E-state index is 15.1. The molecule has 0 aliphatic carbocycles. The van der Waals surface area contributed by atoms with Crippen molar-refractivity contribution in [3.05, 3.63) is 56.5 Å². The molecule has 0 unspecified atom stereocenters. The second-order valence-corrected chi connectivity index (χ2v) is 8.26. The lowest BCUT2D eigenvalue weighted by Crippen LogP contribution is -2.15. The highest BCUT2D eigenvalue weighted by molar-refractivity contribution is 9.10. The predicted octanol–water partition coefficient (Wildman–Crippen LogP) is 6.27. The fourth-order valence-corrected chi connectivity index (χ4v) is 3.48. The van der Waals surface area contributed by atoms with Crippen molar-refractivity contribution in [1.29, 1.82) is 0 Å². The highest BCUT2D eigenvalue weighted by Crippen LogP contribution is 2.43. The lowest BCUT2D eigenvalue weighted by atomic mass is 9.83. The lowest BCUT2D eigenvalue weighted by molar-refractivity contribution is 0.453. The van der Waals surface area contributed by atoms with Crippen molar-refractivity contribution in [3.8, 4) is 5.75 Å². The quantitative estimate of drug-likeness (QED) is 0.505. The van der Waals surface area contributed by atoms with Gasteiger partial charge in [-0.3, -0.25) is 0 Å². The minimum atomic E-state index is -2.59. The van der Waals surface area contributed by atoms with Gasteiger partial charge in [0.2, 0.25) is 0 Å². The van der Waals surface area contributed by atoms with E-state index in [-0.39, 0.29) is 21.9 Å². The maximum atomic E-state index is 15.1. The Morgan fingerprint density at radius 3 is 2.76 bits per heavy atom. The molecule has 3 aromatic rings. The molecule has 0 fully saturated rings. The molecule has 3 rings (SSSR count). The van der Waals surface area contributed by atoms with E-state index in [4.69, 9.17) is 15.7 Å². The lowest BCUT2D eigenvalue weighted by Gasteiger charge is -2.24. The highest BCUT2D eigenvalue weighted by Gasteiger charge is 2.28. The first-order valence-electron chi connectivity index (χ1n) is 9.16. The van der Waals surface area contributed by atoms with E-state index in [1.54, 1.807) is 33.0 Å². The zero-order valence-corrected chi connectivity index (χ0v) is 16.3. The van der Waals surface area contributed by atoms with Crippen molar-refractivity contribution in [1.82, 2.24) is 9.97 Å². The van der Waals surface area contributed by atoms with Gasteiger partial charge in [-0.25, -0.2) is 9.37 Å². The minimum Gasteiger partial charge on any atom is -0.508 e. The minimum absolute atomic E-state index is 0.159. The van der Waals surface area contributed by atoms with Gasteiger partial charge in [0.15, 0.2) is 0 Å². The smallest absolute Gasteiger partial charge is 0.146 e. The molecular weight excluding hydrogens is 407 g/mol. The molecule has 132 valence electrons. The summed E-state index contributed by atoms with van der Waals surface area (Å²) in [7, 11) is 0. The van der Waals surface area contributed by atoms with Gasteiger partial charge < -0.3 is 10.1 Å². The molecular formula is C19H19BrClFN2O. The Morgan fingerprint density at radius 1 is 1.40 bits per heavy atom. The van der Waals surface area contributed by atoms with E-state index < -0.39 is 24.0 Å². The second-order valence-electron chi connectivity index (χ2n) is 6.96. The monoisotopic (exact) mass is 427 g/mol. The Balaban J connectivity index is 2.33. The summed E-state index contributed by atoms with van der Waals surface area (Å²) < 4.78 is 39.9. The number of phenolic OH excluding ortho intramolecular Hbond substituents is 1. The van der Waals surface area contributed by atoms with E-state index in [1.807, 2.05) is 0 Å². The number of hydrogen-bond acceptors (Lipinski definition) is 2. The number of aromatic amines is 1. The third kappa shape index (κ3) is 3.15. The van der Waals surface area contributed by atoms with Gasteiger partial charge in [-0.05, 0) is 44.6 Å². The Labute approximate surface area is 163 Å². The Morgan fingerprint density at radius 2 is 2.12 bits per heavy atom. The summed E-state index contributed by atoms with van der Waals surface area (Å²) in [5, 5.41) is 10.8. The fraction of sp³-hybridized carbons (Fsp3) is 0.316. The molecule has 1 atom stereocenters. The van der Waals surface area contributed by atoms with Crippen LogP contribution >= 0.6 is 27.5 Å². The summed E-state index contributed by atoms with van der Waals surface area (Å²) >= 11 is 9.62. The van der Waals surface area contributed by atoms with Crippen molar-refractivity contribution in [2.45, 2.75) is 39.0 Å². The summed E-state index contributed by atoms with van der Waals surface area (Å²) in [4.78, 5) is 7.14. The molecule has 0 aliphatic rings. The second kappa shape index (κ2) is 6.29. The van der Waals surface area contributed by atoms with Crippen molar-refractivity contribution in [3.63, 3.8) is 0 Å². The standard InChI is InChI=1S/C19H19BrClFN2O/c1-9(12-8-24-18-11(12)5-10(20)7-23-18)15-14(25)6-13(19(2,3)4)17(22)16(15)21/h5-9,25H,1-4H3,(H,23,24)/t9-/m0/s1/i1D3. The number of phenols is 1. The largest absolute Gasteiger partial charge is 0.508 e. The van der Waals surface area contributed by atoms with Gasteiger partial charge in [0, 0.05) is 37.8 Å². The van der Waals surface area contributed by atoms with E-state index in [0.29, 0.717) is 21.1 Å². The van der Waals surface area contributed by atoms with Crippen LogP contribution < -0.4 is 0 Å². The van der Waals surface area contributed by atoms with Gasteiger partial charge in [-0.2, -0.15) is 0 Å². The van der Waals surface area contributed by atoms with Gasteiger partial charge >= 0.3 is 0 Å². The molecule has 6 heteroatoms. The molecule has 0 saturated heterocycles. The first kappa shape index (κ1) is 14.6. The van der Waals surface area contributed by atoms with Gasteiger partial charge in [0.25, 0.3) is 0 Å². The Hall–Kier alpha value is -1.59. The molecule has 0 radical (unpaired) electrons. The number of H-pyrrole nitrogens is 1. The van der Waals surface area contributed by atoms with Crippen molar-refractivity contribution >= 4 is 38.6 Å². The van der Waals surface area contributed by atoms with Gasteiger partial charge in [-0.15, -0.1) is 0 Å². The zero-order valence-electron chi connectivity index (χ0n) is 16.9. The Kier molecular flexibility index (Phi) is 3.67. The van der Waals surface area contributed by atoms with Crippen LogP contribution in [-0.4, -0.2) is 15.1 Å². The predicted molar refractivity (Wildman–Crippen MR) is 103 cm³/mol. The van der Waals surface area contributed by atoms with Crippen LogP contribution in [0.5, 0.6) is 5.75 Å². The van der Waals surface area contributed by atoms with E-state index in [1.165, 1.54) is 12.3 Å². The number of halogens is 3. The molecule has 1 aromatic carbocycles. The fourth-order valence-electron chi connectivity index (χ4n) is 2.84. The van der Waals surface area contributed by atoms with E-state index in [2.05, 4.69) is 25.9 Å². The molecule has 2 N–H and O–H groups in total. The van der Waals surface area contributed by atoms with Crippen molar-refractivity contribution in [2.24, 2.45) is 0 Å². The topological polar surface area (TPSA) is 48.9 Å². The molecule has 0 amide bonds. The summed E-state index contributed by atoms with van der Waals surface area (Å²) in [6, 6.07) is 2.98. The van der Waals surface area contributed by atoms with Crippen LogP contribution in [0.2, 0.25) is 5.02 Å². The number of rotatable bonds is 2. The molecule has 0 bridgehead atoms. The van der Waals surface area contributed by atoms with Crippen LogP contribution in [-0.2, 0) is 5.41 Å². The number of nitrogens with zero attached hydrogens (tertiary/aromatic N) is 1. The van der Waals surface area contributed by atoms with Crippen LogP contribution in [0, 0.1) is 5.82 Å². The van der Waals surface area contributed by atoms with E-state index >= 15 is 4.39 Å². The SMILES string of the molecule is [2H]C([2H])([2H])[C@H](c1c(O)cc(C(C)(C)C)c(F)c1Cl)c1c[nH]c2ncc(Br)cc12. The number of pyridine rings is 1. The number of nitrogens with one attached hydrogen (secondary N) is 1. The average molecular weight is 429 g/mol. The molecule has 0 aliphatic heterocycles. The number of benzene rings is 1.